The molecule has 3 unspecified atom stereocenters. The van der Waals surface area contributed by atoms with E-state index in [0.29, 0.717) is 11.8 Å². The lowest BCUT2D eigenvalue weighted by molar-refractivity contribution is 0.0108. The summed E-state index contributed by atoms with van der Waals surface area (Å²) < 4.78 is 5.50. The van der Waals surface area contributed by atoms with Crippen LogP contribution in [0.25, 0.3) is 0 Å². The zero-order chi connectivity index (χ0) is 13.7. The van der Waals surface area contributed by atoms with E-state index in [1.165, 1.54) is 5.56 Å². The fourth-order valence-corrected chi connectivity index (χ4v) is 2.84. The third-order valence-corrected chi connectivity index (χ3v) is 4.16. The van der Waals surface area contributed by atoms with Crippen LogP contribution in [0.4, 0.5) is 0 Å². The van der Waals surface area contributed by atoms with Gasteiger partial charge in [-0.3, -0.25) is 16.3 Å². The molecule has 3 atom stereocenters. The molecule has 2 rings (SSSR count). The summed E-state index contributed by atoms with van der Waals surface area (Å²) in [6, 6.07) is 4.55. The molecule has 0 spiro atoms. The highest BCUT2D eigenvalue weighted by Gasteiger charge is 2.29. The number of aromatic nitrogens is 1. The van der Waals surface area contributed by atoms with E-state index in [-0.39, 0.29) is 6.04 Å². The lowest BCUT2D eigenvalue weighted by atomic mass is 9.82. The minimum Gasteiger partial charge on any atom is -0.381 e. The van der Waals surface area contributed by atoms with Crippen LogP contribution >= 0.6 is 0 Å². The van der Waals surface area contributed by atoms with Gasteiger partial charge in [0.1, 0.15) is 0 Å². The molecular formula is C15H25N3O. The molecule has 1 aromatic rings. The van der Waals surface area contributed by atoms with Gasteiger partial charge in [0.15, 0.2) is 0 Å². The smallest absolute Gasteiger partial charge is 0.0494 e. The van der Waals surface area contributed by atoms with Gasteiger partial charge in [-0.05, 0) is 36.3 Å². The first-order valence-electron chi connectivity index (χ1n) is 7.22. The summed E-state index contributed by atoms with van der Waals surface area (Å²) in [6.07, 6.45) is 4.96. The molecule has 3 N–H and O–H groups in total. The summed E-state index contributed by atoms with van der Waals surface area (Å²) in [6.45, 7) is 6.06. The maximum absolute atomic E-state index is 5.75. The number of hydrazine groups is 1. The zero-order valence-corrected chi connectivity index (χ0v) is 11.9. The standard InChI is InChI=1S/C15H25N3O/c1-3-12-4-5-13(17-9-12)8-15(18-16)14-6-7-19-10-11(14)2/h4-5,9,11,14-15,18H,3,6-8,10,16H2,1-2H3. The number of nitrogens with one attached hydrogen (secondary N) is 1. The van der Waals surface area contributed by atoms with Gasteiger partial charge in [-0.15, -0.1) is 0 Å². The lowest BCUT2D eigenvalue weighted by Crippen LogP contribution is -2.47. The third kappa shape index (κ3) is 3.75. The number of nitrogens with two attached hydrogens (primary N) is 1. The van der Waals surface area contributed by atoms with Crippen molar-refractivity contribution in [2.75, 3.05) is 13.2 Å². The Balaban J connectivity index is 2.00. The highest BCUT2D eigenvalue weighted by atomic mass is 16.5. The monoisotopic (exact) mass is 263 g/mol. The van der Waals surface area contributed by atoms with Gasteiger partial charge in [0.2, 0.25) is 0 Å². The molecule has 19 heavy (non-hydrogen) atoms. The highest BCUT2D eigenvalue weighted by molar-refractivity contribution is 5.15. The van der Waals surface area contributed by atoms with Crippen molar-refractivity contribution in [2.45, 2.75) is 39.2 Å². The van der Waals surface area contributed by atoms with Crippen molar-refractivity contribution in [3.8, 4) is 0 Å². The molecule has 1 aliphatic rings. The fraction of sp³-hybridized carbons (Fsp3) is 0.667. The number of nitrogens with zero attached hydrogens (tertiary/aromatic N) is 1. The predicted octanol–water partition coefficient (Wildman–Crippen LogP) is 1.69. The largest absolute Gasteiger partial charge is 0.381 e. The van der Waals surface area contributed by atoms with Crippen molar-refractivity contribution in [1.82, 2.24) is 10.4 Å². The molecule has 4 heteroatoms. The topological polar surface area (TPSA) is 60.2 Å². The molecule has 0 amide bonds. The van der Waals surface area contributed by atoms with E-state index in [1.54, 1.807) is 0 Å². The average Bonchev–Trinajstić information content (AvgIpc) is 2.46. The van der Waals surface area contributed by atoms with Crippen molar-refractivity contribution in [1.29, 1.82) is 0 Å². The second-order valence-corrected chi connectivity index (χ2v) is 5.49. The van der Waals surface area contributed by atoms with E-state index in [0.717, 1.165) is 38.2 Å². The van der Waals surface area contributed by atoms with E-state index in [4.69, 9.17) is 10.6 Å². The first-order chi connectivity index (χ1) is 9.24. The Morgan fingerprint density at radius 3 is 2.95 bits per heavy atom. The maximum atomic E-state index is 5.75. The molecule has 1 saturated heterocycles. The predicted molar refractivity (Wildman–Crippen MR) is 76.5 cm³/mol. The Bertz CT molecular complexity index is 379. The molecule has 0 aromatic carbocycles. The van der Waals surface area contributed by atoms with Gasteiger partial charge < -0.3 is 4.74 Å². The summed E-state index contributed by atoms with van der Waals surface area (Å²) in [4.78, 5) is 4.53. The number of hydrogen-bond acceptors (Lipinski definition) is 4. The van der Waals surface area contributed by atoms with Crippen molar-refractivity contribution in [3.63, 3.8) is 0 Å². The van der Waals surface area contributed by atoms with Gasteiger partial charge >= 0.3 is 0 Å². The third-order valence-electron chi connectivity index (χ3n) is 4.16. The van der Waals surface area contributed by atoms with Crippen LogP contribution in [0.2, 0.25) is 0 Å². The number of hydrogen-bond donors (Lipinski definition) is 2. The maximum Gasteiger partial charge on any atom is 0.0494 e. The molecule has 0 saturated carbocycles. The van der Waals surface area contributed by atoms with E-state index in [9.17, 15) is 0 Å². The summed E-state index contributed by atoms with van der Waals surface area (Å²) in [7, 11) is 0. The van der Waals surface area contributed by atoms with Gasteiger partial charge in [0.05, 0.1) is 0 Å². The Morgan fingerprint density at radius 1 is 1.53 bits per heavy atom. The van der Waals surface area contributed by atoms with Gasteiger partial charge in [0, 0.05) is 37.6 Å². The molecule has 4 nitrogen and oxygen atoms in total. The second-order valence-electron chi connectivity index (χ2n) is 5.49. The Labute approximate surface area is 115 Å². The number of aryl methyl sites for hydroxylation is 1. The SMILES string of the molecule is CCc1ccc(CC(NN)C2CCOCC2C)nc1. The molecule has 0 radical (unpaired) electrons. The minimum atomic E-state index is 0.277. The first kappa shape index (κ1) is 14.4. The lowest BCUT2D eigenvalue weighted by Gasteiger charge is -2.34. The Morgan fingerprint density at radius 2 is 2.37 bits per heavy atom. The summed E-state index contributed by atoms with van der Waals surface area (Å²) in [5, 5.41) is 0. The van der Waals surface area contributed by atoms with Gasteiger partial charge in [-0.1, -0.05) is 19.9 Å². The van der Waals surface area contributed by atoms with Crippen LogP contribution in [-0.4, -0.2) is 24.2 Å². The normalized spacial score (nSPS) is 25.2. The minimum absolute atomic E-state index is 0.277. The van der Waals surface area contributed by atoms with E-state index in [1.807, 2.05) is 6.20 Å². The van der Waals surface area contributed by atoms with Crippen LogP contribution in [0.3, 0.4) is 0 Å². The number of pyridine rings is 1. The van der Waals surface area contributed by atoms with Crippen molar-refractivity contribution in [2.24, 2.45) is 17.7 Å². The van der Waals surface area contributed by atoms with Crippen LogP contribution in [0.15, 0.2) is 18.3 Å². The van der Waals surface area contributed by atoms with Gasteiger partial charge in [0.25, 0.3) is 0 Å². The molecule has 2 heterocycles. The number of ether oxygens (including phenoxy) is 1. The quantitative estimate of drug-likeness (QED) is 0.627. The van der Waals surface area contributed by atoms with Crippen molar-refractivity contribution in [3.05, 3.63) is 29.6 Å². The van der Waals surface area contributed by atoms with Crippen LogP contribution in [0.5, 0.6) is 0 Å². The molecule has 1 aliphatic heterocycles. The van der Waals surface area contributed by atoms with Crippen LogP contribution in [0.1, 0.15) is 31.5 Å². The van der Waals surface area contributed by atoms with Crippen LogP contribution in [0, 0.1) is 11.8 Å². The highest BCUT2D eigenvalue weighted by Crippen LogP contribution is 2.26. The second kappa shape index (κ2) is 6.98. The van der Waals surface area contributed by atoms with E-state index >= 15 is 0 Å². The zero-order valence-electron chi connectivity index (χ0n) is 11.9. The van der Waals surface area contributed by atoms with Gasteiger partial charge in [-0.25, -0.2) is 0 Å². The molecular weight excluding hydrogens is 238 g/mol. The number of rotatable bonds is 5. The summed E-state index contributed by atoms with van der Waals surface area (Å²) in [5.74, 6) is 6.86. The van der Waals surface area contributed by atoms with E-state index in [2.05, 4.69) is 36.4 Å². The van der Waals surface area contributed by atoms with Gasteiger partial charge in [-0.2, -0.15) is 0 Å². The molecule has 0 bridgehead atoms. The summed E-state index contributed by atoms with van der Waals surface area (Å²) >= 11 is 0. The molecule has 0 aliphatic carbocycles. The fourth-order valence-electron chi connectivity index (χ4n) is 2.84. The van der Waals surface area contributed by atoms with Crippen molar-refractivity contribution >= 4 is 0 Å². The Hall–Kier alpha value is -0.970. The summed E-state index contributed by atoms with van der Waals surface area (Å²) in [5.41, 5.74) is 5.37. The van der Waals surface area contributed by atoms with Crippen molar-refractivity contribution < 1.29 is 4.74 Å². The molecule has 106 valence electrons. The molecule has 1 fully saturated rings. The van der Waals surface area contributed by atoms with E-state index < -0.39 is 0 Å². The first-order valence-corrected chi connectivity index (χ1v) is 7.22. The molecule has 1 aromatic heterocycles. The van der Waals surface area contributed by atoms with Crippen LogP contribution in [-0.2, 0) is 17.6 Å². The van der Waals surface area contributed by atoms with Crippen LogP contribution < -0.4 is 11.3 Å². The average molecular weight is 263 g/mol. The Kier molecular flexibility index (Phi) is 5.31.